The van der Waals surface area contributed by atoms with Gasteiger partial charge in [0.15, 0.2) is 0 Å². The Morgan fingerprint density at radius 3 is 2.12 bits per heavy atom. The number of benzene rings is 2. The summed E-state index contributed by atoms with van der Waals surface area (Å²) in [6, 6.07) is 18.0. The number of aryl methyl sites for hydroxylation is 2. The van der Waals surface area contributed by atoms with Crippen molar-refractivity contribution in [1.82, 2.24) is 4.98 Å². The molecule has 0 atom stereocenters. The molecule has 3 rings (SSSR count). The average Bonchev–Trinajstić information content (AvgIpc) is 2.67. The Kier molecular flexibility index (Phi) is 6.17. The molecule has 0 aliphatic rings. The van der Waals surface area contributed by atoms with E-state index in [0.29, 0.717) is 11.3 Å². The van der Waals surface area contributed by atoms with E-state index >= 15 is 0 Å². The van der Waals surface area contributed by atoms with Crippen LogP contribution in [-0.4, -0.2) is 4.98 Å². The van der Waals surface area contributed by atoms with Crippen LogP contribution >= 0.6 is 0 Å². The molecule has 0 spiro atoms. The summed E-state index contributed by atoms with van der Waals surface area (Å²) < 4.78 is 14.4. The second kappa shape index (κ2) is 8.75. The fourth-order valence-electron chi connectivity index (χ4n) is 3.18. The van der Waals surface area contributed by atoms with Gasteiger partial charge in [-0.1, -0.05) is 63.1 Å². The number of aromatic nitrogens is 1. The van der Waals surface area contributed by atoms with Crippen LogP contribution in [0.5, 0.6) is 0 Å². The summed E-state index contributed by atoms with van der Waals surface area (Å²) in [7, 11) is 0. The van der Waals surface area contributed by atoms with Crippen LogP contribution in [0.25, 0.3) is 22.4 Å². The molecule has 2 heteroatoms. The van der Waals surface area contributed by atoms with Crippen molar-refractivity contribution < 1.29 is 4.39 Å². The van der Waals surface area contributed by atoms with E-state index < -0.39 is 0 Å². The number of pyridine rings is 1. The lowest BCUT2D eigenvalue weighted by Crippen LogP contribution is -1.92. The van der Waals surface area contributed by atoms with E-state index in [1.807, 2.05) is 30.5 Å². The molecule has 0 amide bonds. The third kappa shape index (κ3) is 4.37. The zero-order chi connectivity index (χ0) is 18.4. The van der Waals surface area contributed by atoms with Crippen LogP contribution in [0.1, 0.15) is 44.2 Å². The van der Waals surface area contributed by atoms with Crippen molar-refractivity contribution in [1.29, 1.82) is 0 Å². The average molecular weight is 347 g/mol. The van der Waals surface area contributed by atoms with Gasteiger partial charge in [-0.15, -0.1) is 0 Å². The Bertz CT molecular complexity index is 835. The number of hydrogen-bond donors (Lipinski definition) is 0. The molecule has 0 N–H and O–H groups in total. The zero-order valence-electron chi connectivity index (χ0n) is 15.6. The molecule has 1 nitrogen and oxygen atoms in total. The fourth-order valence-corrected chi connectivity index (χ4v) is 3.18. The normalized spacial score (nSPS) is 10.9. The van der Waals surface area contributed by atoms with E-state index in [-0.39, 0.29) is 5.82 Å². The molecule has 0 bridgehead atoms. The molecule has 2 aromatic carbocycles. The first-order chi connectivity index (χ1) is 12.7. The maximum Gasteiger partial charge on any atom is 0.132 e. The summed E-state index contributed by atoms with van der Waals surface area (Å²) in [6.45, 7) is 4.31. The Morgan fingerprint density at radius 1 is 0.769 bits per heavy atom. The highest BCUT2D eigenvalue weighted by Crippen LogP contribution is 2.26. The molecule has 26 heavy (non-hydrogen) atoms. The third-order valence-electron chi connectivity index (χ3n) is 4.72. The highest BCUT2D eigenvalue weighted by molar-refractivity contribution is 5.67. The quantitative estimate of drug-likeness (QED) is 0.455. The van der Waals surface area contributed by atoms with Gasteiger partial charge in [-0.3, -0.25) is 4.98 Å². The van der Waals surface area contributed by atoms with Crippen LogP contribution in [0, 0.1) is 5.82 Å². The standard InChI is InChI=1S/C24H26FN/c1-3-5-7-18-8-11-20(12-9-18)21-13-15-24(26-17-21)22-14-10-19(6-4-2)16-23(22)25/h8-17H,3-7H2,1-2H3. The lowest BCUT2D eigenvalue weighted by Gasteiger charge is -2.08. The molecule has 0 saturated carbocycles. The van der Waals surface area contributed by atoms with Crippen LogP contribution in [0.3, 0.4) is 0 Å². The van der Waals surface area contributed by atoms with Gasteiger partial charge in [-0.2, -0.15) is 0 Å². The Labute approximate surface area is 155 Å². The Hall–Kier alpha value is -2.48. The van der Waals surface area contributed by atoms with Gasteiger partial charge >= 0.3 is 0 Å². The van der Waals surface area contributed by atoms with Gasteiger partial charge in [0.2, 0.25) is 0 Å². The van der Waals surface area contributed by atoms with Crippen molar-refractivity contribution in [2.75, 3.05) is 0 Å². The van der Waals surface area contributed by atoms with Crippen molar-refractivity contribution >= 4 is 0 Å². The van der Waals surface area contributed by atoms with Crippen molar-refractivity contribution in [3.8, 4) is 22.4 Å². The number of halogens is 1. The monoisotopic (exact) mass is 347 g/mol. The molecule has 3 aromatic rings. The molecule has 0 unspecified atom stereocenters. The minimum Gasteiger partial charge on any atom is -0.256 e. The number of unbranched alkanes of at least 4 members (excludes halogenated alkanes) is 1. The van der Waals surface area contributed by atoms with E-state index in [2.05, 4.69) is 43.1 Å². The second-order valence-corrected chi connectivity index (χ2v) is 6.80. The summed E-state index contributed by atoms with van der Waals surface area (Å²) in [6.07, 6.45) is 7.30. The molecule has 0 fully saturated rings. The smallest absolute Gasteiger partial charge is 0.132 e. The molecule has 1 aromatic heterocycles. The highest BCUT2D eigenvalue weighted by Gasteiger charge is 2.08. The summed E-state index contributed by atoms with van der Waals surface area (Å²) in [4.78, 5) is 4.49. The highest BCUT2D eigenvalue weighted by atomic mass is 19.1. The molecule has 1 heterocycles. The first kappa shape index (κ1) is 18.3. The topological polar surface area (TPSA) is 12.9 Å². The number of hydrogen-bond acceptors (Lipinski definition) is 1. The van der Waals surface area contributed by atoms with Crippen LogP contribution in [0.15, 0.2) is 60.8 Å². The molecule has 134 valence electrons. The largest absolute Gasteiger partial charge is 0.256 e. The summed E-state index contributed by atoms with van der Waals surface area (Å²) in [5, 5.41) is 0. The summed E-state index contributed by atoms with van der Waals surface area (Å²) in [5.41, 5.74) is 5.84. The molecule has 0 aliphatic heterocycles. The first-order valence-corrected chi connectivity index (χ1v) is 9.55. The Morgan fingerprint density at radius 2 is 1.50 bits per heavy atom. The van der Waals surface area contributed by atoms with E-state index in [1.54, 1.807) is 6.07 Å². The lowest BCUT2D eigenvalue weighted by atomic mass is 10.0. The minimum atomic E-state index is -0.198. The van der Waals surface area contributed by atoms with Crippen molar-refractivity contribution in [3.05, 3.63) is 77.7 Å². The van der Waals surface area contributed by atoms with Gasteiger partial charge in [-0.25, -0.2) is 4.39 Å². The molecule has 0 saturated heterocycles. The van der Waals surface area contributed by atoms with Gasteiger partial charge in [-0.05, 0) is 54.2 Å². The predicted octanol–water partition coefficient (Wildman–Crippen LogP) is 6.85. The molecular formula is C24H26FN. The van der Waals surface area contributed by atoms with E-state index in [1.165, 1.54) is 18.4 Å². The predicted molar refractivity (Wildman–Crippen MR) is 108 cm³/mol. The molecule has 0 radical (unpaired) electrons. The van der Waals surface area contributed by atoms with E-state index in [4.69, 9.17) is 0 Å². The zero-order valence-corrected chi connectivity index (χ0v) is 15.6. The Balaban J connectivity index is 1.78. The fraction of sp³-hybridized carbons (Fsp3) is 0.292. The first-order valence-electron chi connectivity index (χ1n) is 9.55. The number of nitrogens with zero attached hydrogens (tertiary/aromatic N) is 1. The van der Waals surface area contributed by atoms with Crippen LogP contribution in [0.2, 0.25) is 0 Å². The second-order valence-electron chi connectivity index (χ2n) is 6.80. The van der Waals surface area contributed by atoms with Gasteiger partial charge in [0, 0.05) is 17.3 Å². The maximum absolute atomic E-state index is 14.4. The van der Waals surface area contributed by atoms with Crippen molar-refractivity contribution in [2.24, 2.45) is 0 Å². The van der Waals surface area contributed by atoms with Crippen LogP contribution in [0.4, 0.5) is 4.39 Å². The van der Waals surface area contributed by atoms with Crippen LogP contribution in [-0.2, 0) is 12.8 Å². The summed E-state index contributed by atoms with van der Waals surface area (Å²) >= 11 is 0. The molecular weight excluding hydrogens is 321 g/mol. The number of rotatable bonds is 7. The van der Waals surface area contributed by atoms with Gasteiger partial charge < -0.3 is 0 Å². The summed E-state index contributed by atoms with van der Waals surface area (Å²) in [5.74, 6) is -0.198. The van der Waals surface area contributed by atoms with Gasteiger partial charge in [0.25, 0.3) is 0 Å². The lowest BCUT2D eigenvalue weighted by molar-refractivity contribution is 0.628. The minimum absolute atomic E-state index is 0.198. The van der Waals surface area contributed by atoms with Gasteiger partial charge in [0.1, 0.15) is 5.82 Å². The maximum atomic E-state index is 14.4. The van der Waals surface area contributed by atoms with Gasteiger partial charge in [0.05, 0.1) is 5.69 Å². The molecule has 0 aliphatic carbocycles. The SMILES string of the molecule is CCCCc1ccc(-c2ccc(-c3ccc(CCC)cc3F)nc2)cc1. The van der Waals surface area contributed by atoms with Crippen molar-refractivity contribution in [3.63, 3.8) is 0 Å². The third-order valence-corrected chi connectivity index (χ3v) is 4.72. The van der Waals surface area contributed by atoms with E-state index in [0.717, 1.165) is 36.0 Å². The van der Waals surface area contributed by atoms with Crippen molar-refractivity contribution in [2.45, 2.75) is 46.0 Å². The van der Waals surface area contributed by atoms with E-state index in [9.17, 15) is 4.39 Å². The van der Waals surface area contributed by atoms with Crippen LogP contribution < -0.4 is 0 Å².